The van der Waals surface area contributed by atoms with E-state index in [1.165, 1.54) is 18.4 Å². The van der Waals surface area contributed by atoms with Crippen molar-refractivity contribution in [2.75, 3.05) is 0 Å². The minimum atomic E-state index is -0.228. The van der Waals surface area contributed by atoms with Gasteiger partial charge in [0.1, 0.15) is 5.78 Å². The maximum absolute atomic E-state index is 12.4. The molecular formula is C15H20N2O. The average Bonchev–Trinajstić information content (AvgIpc) is 2.95. The lowest BCUT2D eigenvalue weighted by Crippen LogP contribution is -2.39. The molecule has 2 aliphatic rings. The van der Waals surface area contributed by atoms with Crippen molar-refractivity contribution in [2.45, 2.75) is 56.4 Å². The smallest absolute Gasteiger partial charge is 0.143 e. The Morgan fingerprint density at radius 2 is 2.22 bits per heavy atom. The molecule has 0 bridgehead atoms. The molecule has 1 atom stereocenters. The number of hydrogen-bond acceptors (Lipinski definition) is 3. The molecular weight excluding hydrogens is 224 g/mol. The molecule has 1 unspecified atom stereocenters. The third-order valence-corrected chi connectivity index (χ3v) is 4.47. The number of pyridine rings is 1. The molecule has 0 amide bonds. The van der Waals surface area contributed by atoms with Gasteiger partial charge in [-0.25, -0.2) is 0 Å². The highest BCUT2D eigenvalue weighted by atomic mass is 16.1. The third kappa shape index (κ3) is 2.07. The Kier molecular flexibility index (Phi) is 2.94. The molecule has 1 saturated carbocycles. The Labute approximate surface area is 108 Å². The van der Waals surface area contributed by atoms with Gasteiger partial charge < -0.3 is 5.73 Å². The lowest BCUT2D eigenvalue weighted by atomic mass is 9.86. The molecule has 18 heavy (non-hydrogen) atoms. The number of ketones is 1. The standard InChI is InChI=1S/C15H20N2O/c16-15(7-1-2-8-15)10-13(18)12-6-5-11-4-3-9-17-14(11)12/h3-4,9,12H,1-2,5-8,10,16H2. The molecule has 3 nitrogen and oxygen atoms in total. The quantitative estimate of drug-likeness (QED) is 0.888. The highest BCUT2D eigenvalue weighted by Crippen LogP contribution is 2.37. The van der Waals surface area contributed by atoms with E-state index in [2.05, 4.69) is 11.1 Å². The summed E-state index contributed by atoms with van der Waals surface area (Å²) >= 11 is 0. The fourth-order valence-electron chi connectivity index (χ4n) is 3.45. The van der Waals surface area contributed by atoms with Crippen molar-refractivity contribution < 1.29 is 4.79 Å². The van der Waals surface area contributed by atoms with Gasteiger partial charge in [-0.1, -0.05) is 18.9 Å². The Hall–Kier alpha value is -1.22. The van der Waals surface area contributed by atoms with E-state index in [4.69, 9.17) is 5.73 Å². The first-order chi connectivity index (χ1) is 8.68. The van der Waals surface area contributed by atoms with E-state index in [1.807, 2.05) is 6.07 Å². The van der Waals surface area contributed by atoms with E-state index in [1.54, 1.807) is 6.20 Å². The van der Waals surface area contributed by atoms with Crippen LogP contribution in [-0.2, 0) is 11.2 Å². The van der Waals surface area contributed by atoms with Crippen LogP contribution in [0.5, 0.6) is 0 Å². The molecule has 0 radical (unpaired) electrons. The highest BCUT2D eigenvalue weighted by molar-refractivity contribution is 5.87. The molecule has 1 aromatic heterocycles. The molecule has 1 fully saturated rings. The Morgan fingerprint density at radius 3 is 3.00 bits per heavy atom. The molecule has 0 spiro atoms. The van der Waals surface area contributed by atoms with Crippen LogP contribution in [0.3, 0.4) is 0 Å². The van der Waals surface area contributed by atoms with Crippen LogP contribution in [0.4, 0.5) is 0 Å². The van der Waals surface area contributed by atoms with Crippen LogP contribution in [0.25, 0.3) is 0 Å². The lowest BCUT2D eigenvalue weighted by molar-refractivity contribution is -0.121. The van der Waals surface area contributed by atoms with Crippen molar-refractivity contribution >= 4 is 5.78 Å². The minimum Gasteiger partial charge on any atom is -0.325 e. The molecule has 0 aromatic carbocycles. The summed E-state index contributed by atoms with van der Waals surface area (Å²) < 4.78 is 0. The first kappa shape index (κ1) is 11.8. The molecule has 0 saturated heterocycles. The molecule has 2 aliphatic carbocycles. The average molecular weight is 244 g/mol. The number of Topliss-reactive ketones (excluding diaryl/α,β-unsaturated/α-hetero) is 1. The summed E-state index contributed by atoms with van der Waals surface area (Å²) in [5.74, 6) is 0.305. The predicted octanol–water partition coefficient (Wildman–Crippen LogP) is 2.34. The number of aromatic nitrogens is 1. The molecule has 96 valence electrons. The van der Waals surface area contributed by atoms with Gasteiger partial charge in [-0.3, -0.25) is 9.78 Å². The second-order valence-electron chi connectivity index (χ2n) is 5.85. The third-order valence-electron chi connectivity index (χ3n) is 4.47. The number of carbonyl (C=O) groups excluding carboxylic acids is 1. The van der Waals surface area contributed by atoms with Crippen LogP contribution in [0.2, 0.25) is 0 Å². The maximum Gasteiger partial charge on any atom is 0.143 e. The Bertz CT molecular complexity index is 463. The number of aryl methyl sites for hydroxylation is 1. The lowest BCUT2D eigenvalue weighted by Gasteiger charge is -2.24. The fraction of sp³-hybridized carbons (Fsp3) is 0.600. The fourth-order valence-corrected chi connectivity index (χ4v) is 3.45. The van der Waals surface area contributed by atoms with Gasteiger partial charge in [-0.2, -0.15) is 0 Å². The topological polar surface area (TPSA) is 56.0 Å². The van der Waals surface area contributed by atoms with E-state index in [0.717, 1.165) is 31.4 Å². The zero-order valence-corrected chi connectivity index (χ0v) is 10.7. The number of nitrogens with zero attached hydrogens (tertiary/aromatic N) is 1. The summed E-state index contributed by atoms with van der Waals surface area (Å²) in [6, 6.07) is 4.04. The first-order valence-electron chi connectivity index (χ1n) is 6.93. The maximum atomic E-state index is 12.4. The second kappa shape index (κ2) is 4.47. The normalized spacial score (nSPS) is 25.1. The summed E-state index contributed by atoms with van der Waals surface area (Å²) in [6.07, 6.45) is 8.57. The van der Waals surface area contributed by atoms with Gasteiger partial charge in [-0.05, 0) is 37.3 Å². The van der Waals surface area contributed by atoms with Gasteiger partial charge in [0, 0.05) is 18.2 Å². The van der Waals surface area contributed by atoms with Crippen LogP contribution in [0.1, 0.15) is 55.7 Å². The molecule has 3 rings (SSSR count). The number of rotatable bonds is 3. The van der Waals surface area contributed by atoms with E-state index >= 15 is 0 Å². The van der Waals surface area contributed by atoms with Crippen LogP contribution >= 0.6 is 0 Å². The molecule has 0 aliphatic heterocycles. The first-order valence-corrected chi connectivity index (χ1v) is 6.93. The van der Waals surface area contributed by atoms with Crippen molar-refractivity contribution in [3.05, 3.63) is 29.6 Å². The van der Waals surface area contributed by atoms with Gasteiger partial charge in [-0.15, -0.1) is 0 Å². The SMILES string of the molecule is NC1(CC(=O)C2CCc3cccnc32)CCCC1. The van der Waals surface area contributed by atoms with Crippen LogP contribution in [0, 0.1) is 0 Å². The number of carbonyl (C=O) groups is 1. The number of nitrogens with two attached hydrogens (primary N) is 1. The summed E-state index contributed by atoms with van der Waals surface area (Å²) in [5, 5.41) is 0. The molecule has 2 N–H and O–H groups in total. The van der Waals surface area contributed by atoms with Gasteiger partial charge in [0.15, 0.2) is 0 Å². The zero-order valence-electron chi connectivity index (χ0n) is 10.7. The van der Waals surface area contributed by atoms with Crippen molar-refractivity contribution in [3.8, 4) is 0 Å². The van der Waals surface area contributed by atoms with Gasteiger partial charge >= 0.3 is 0 Å². The largest absolute Gasteiger partial charge is 0.325 e. The zero-order chi connectivity index (χ0) is 12.6. The van der Waals surface area contributed by atoms with E-state index < -0.39 is 0 Å². The van der Waals surface area contributed by atoms with Crippen LogP contribution < -0.4 is 5.73 Å². The number of fused-ring (bicyclic) bond motifs is 1. The molecule has 1 aromatic rings. The Balaban J connectivity index is 1.74. The highest BCUT2D eigenvalue weighted by Gasteiger charge is 2.36. The number of hydrogen-bond donors (Lipinski definition) is 1. The van der Waals surface area contributed by atoms with Gasteiger partial charge in [0.2, 0.25) is 0 Å². The van der Waals surface area contributed by atoms with Crippen LogP contribution in [0.15, 0.2) is 18.3 Å². The van der Waals surface area contributed by atoms with Crippen molar-refractivity contribution in [2.24, 2.45) is 5.73 Å². The summed E-state index contributed by atoms with van der Waals surface area (Å²) in [5.41, 5.74) is 8.33. The molecule has 3 heteroatoms. The van der Waals surface area contributed by atoms with Crippen molar-refractivity contribution in [1.29, 1.82) is 0 Å². The Morgan fingerprint density at radius 1 is 1.44 bits per heavy atom. The second-order valence-corrected chi connectivity index (χ2v) is 5.85. The van der Waals surface area contributed by atoms with Crippen molar-refractivity contribution in [3.63, 3.8) is 0 Å². The van der Waals surface area contributed by atoms with Gasteiger partial charge in [0.25, 0.3) is 0 Å². The summed E-state index contributed by atoms with van der Waals surface area (Å²) in [7, 11) is 0. The van der Waals surface area contributed by atoms with Crippen molar-refractivity contribution in [1.82, 2.24) is 4.98 Å². The van der Waals surface area contributed by atoms with E-state index in [-0.39, 0.29) is 11.5 Å². The minimum absolute atomic E-state index is 0.00206. The summed E-state index contributed by atoms with van der Waals surface area (Å²) in [6.45, 7) is 0. The molecule has 1 heterocycles. The van der Waals surface area contributed by atoms with E-state index in [0.29, 0.717) is 12.2 Å². The summed E-state index contributed by atoms with van der Waals surface area (Å²) in [4.78, 5) is 16.8. The predicted molar refractivity (Wildman–Crippen MR) is 70.3 cm³/mol. The monoisotopic (exact) mass is 244 g/mol. The van der Waals surface area contributed by atoms with E-state index in [9.17, 15) is 4.79 Å². The van der Waals surface area contributed by atoms with Crippen LogP contribution in [-0.4, -0.2) is 16.3 Å². The van der Waals surface area contributed by atoms with Gasteiger partial charge in [0.05, 0.1) is 11.6 Å².